The van der Waals surface area contributed by atoms with E-state index in [2.05, 4.69) is 6.07 Å². The zero-order chi connectivity index (χ0) is 6.85. The molecule has 0 bridgehead atoms. The van der Waals surface area contributed by atoms with E-state index < -0.39 is 0 Å². The van der Waals surface area contributed by atoms with Crippen LogP contribution >= 0.6 is 0 Å². The summed E-state index contributed by atoms with van der Waals surface area (Å²) >= 11 is 0. The van der Waals surface area contributed by atoms with Crippen molar-refractivity contribution in [3.8, 4) is 0 Å². The van der Waals surface area contributed by atoms with E-state index in [0.717, 1.165) is 11.0 Å². The summed E-state index contributed by atoms with van der Waals surface area (Å²) in [6.45, 7) is 4.05. The van der Waals surface area contributed by atoms with Crippen molar-refractivity contribution < 1.29 is 24.8 Å². The molecule has 0 unspecified atom stereocenters. The molecule has 0 heterocycles. The molecule has 0 amide bonds. The molecule has 11 heavy (non-hydrogen) atoms. The number of hydrogen-bond acceptors (Lipinski definition) is 0. The molecule has 0 N–H and O–H groups in total. The molecule has 0 atom stereocenters. The predicted octanol–water partition coefficient (Wildman–Crippen LogP) is -4.89. The van der Waals surface area contributed by atoms with E-state index in [0.29, 0.717) is 0 Å². The second kappa shape index (κ2) is 5.51. The Bertz CT molecular complexity index is 223. The fourth-order valence-corrected chi connectivity index (χ4v) is 0.760. The third-order valence-electron chi connectivity index (χ3n) is 1.43. The monoisotopic (exact) mass is 186 g/mol. The molecule has 1 aromatic rings. The van der Waals surface area contributed by atoms with Crippen molar-refractivity contribution in [2.75, 3.05) is 0 Å². The first-order chi connectivity index (χ1) is 4.20. The van der Waals surface area contributed by atoms with Gasteiger partial charge in [-0.2, -0.15) is 0 Å². The van der Waals surface area contributed by atoms with Gasteiger partial charge in [-0.25, -0.2) is 0 Å². The van der Waals surface area contributed by atoms with E-state index >= 15 is 0 Å². The molecule has 0 aliphatic rings. The summed E-state index contributed by atoms with van der Waals surface area (Å²) in [5, 5.41) is 0. The van der Waals surface area contributed by atoms with Crippen molar-refractivity contribution in [2.45, 2.75) is 13.8 Å². The van der Waals surface area contributed by atoms with Crippen LogP contribution in [-0.2, 0) is 0 Å². The normalized spacial score (nSPS) is 8.00. The maximum absolute atomic E-state index is 5.62. The number of hydrogen-bond donors (Lipinski definition) is 0. The fraction of sp³-hybridized carbons (Fsp3) is 0.250. The third-order valence-corrected chi connectivity index (χ3v) is 1.43. The minimum Gasteiger partial charge on any atom is -1.00 e. The standard InChI is InChI=1S/C8H9B.2ClH/c1-6-3-4-7(2)8(9)5-6;;/h3-5H,1-2H3;2*1H/q+2;;/p-2. The van der Waals surface area contributed by atoms with Crippen LogP contribution in [0, 0.1) is 13.8 Å². The van der Waals surface area contributed by atoms with Crippen molar-refractivity contribution >= 4 is 13.3 Å². The van der Waals surface area contributed by atoms with Crippen LogP contribution in [0.1, 0.15) is 11.1 Å². The average molecular weight is 187 g/mol. The second-order valence-electron chi connectivity index (χ2n) is 2.36. The molecule has 0 aliphatic carbocycles. The molecule has 0 nitrogen and oxygen atoms in total. The fourth-order valence-electron chi connectivity index (χ4n) is 0.760. The van der Waals surface area contributed by atoms with E-state index in [1.54, 1.807) is 0 Å². The van der Waals surface area contributed by atoms with Crippen LogP contribution in [-0.4, -0.2) is 7.85 Å². The molecule has 0 saturated heterocycles. The molecule has 0 aromatic heterocycles. The number of aryl methyl sites for hydroxylation is 2. The zero-order valence-electron chi connectivity index (χ0n) is 6.57. The summed E-state index contributed by atoms with van der Waals surface area (Å²) < 4.78 is 0. The maximum Gasteiger partial charge on any atom is -1.00 e. The molecule has 1 rings (SSSR count). The Morgan fingerprint density at radius 3 is 2.00 bits per heavy atom. The van der Waals surface area contributed by atoms with E-state index in [-0.39, 0.29) is 24.8 Å². The average Bonchev–Trinajstić information content (AvgIpc) is 1.80. The molecule has 0 aliphatic heterocycles. The van der Waals surface area contributed by atoms with Gasteiger partial charge >= 0.3 is 56.5 Å². The maximum atomic E-state index is 5.62. The first-order valence-corrected chi connectivity index (χ1v) is 3.03. The van der Waals surface area contributed by atoms with E-state index in [9.17, 15) is 0 Å². The van der Waals surface area contributed by atoms with Crippen LogP contribution in [0.4, 0.5) is 0 Å². The molecule has 1 aromatic carbocycles. The summed E-state index contributed by atoms with van der Waals surface area (Å²) in [6, 6.07) is 6.08. The summed E-state index contributed by atoms with van der Waals surface area (Å²) in [6.07, 6.45) is 0. The SMILES string of the molecule is [B+2]c1cc(C)ccc1C.[Cl-].[Cl-]. The molecule has 0 spiro atoms. The minimum atomic E-state index is 0. The van der Waals surface area contributed by atoms with Crippen LogP contribution in [0.5, 0.6) is 0 Å². The Kier molecular flexibility index (Phi) is 6.74. The van der Waals surface area contributed by atoms with E-state index in [4.69, 9.17) is 7.85 Å². The van der Waals surface area contributed by atoms with Gasteiger partial charge < -0.3 is 24.8 Å². The molecule has 0 fully saturated rings. The summed E-state index contributed by atoms with van der Waals surface area (Å²) in [7, 11) is 5.62. The van der Waals surface area contributed by atoms with Gasteiger partial charge in [-0.3, -0.25) is 0 Å². The largest absolute Gasteiger partial charge is 1.00 e. The van der Waals surface area contributed by atoms with Gasteiger partial charge in [0.25, 0.3) is 0 Å². The van der Waals surface area contributed by atoms with Crippen molar-refractivity contribution in [3.63, 3.8) is 0 Å². The Labute approximate surface area is 81.6 Å². The molecular weight excluding hydrogens is 178 g/mol. The van der Waals surface area contributed by atoms with Crippen molar-refractivity contribution in [2.24, 2.45) is 0 Å². The van der Waals surface area contributed by atoms with Crippen LogP contribution in [0.15, 0.2) is 18.2 Å². The van der Waals surface area contributed by atoms with E-state index in [1.165, 1.54) is 5.56 Å². The molecular formula is C8H9BCl2. The molecule has 3 heteroatoms. The third kappa shape index (κ3) is 3.69. The van der Waals surface area contributed by atoms with E-state index in [1.807, 2.05) is 26.0 Å². The summed E-state index contributed by atoms with van der Waals surface area (Å²) in [4.78, 5) is 0. The first kappa shape index (κ1) is 13.5. The van der Waals surface area contributed by atoms with Gasteiger partial charge in [0.1, 0.15) is 0 Å². The second-order valence-corrected chi connectivity index (χ2v) is 2.36. The molecule has 0 radical (unpaired) electrons. The Hall–Kier alpha value is -0.135. The Morgan fingerprint density at radius 2 is 1.64 bits per heavy atom. The van der Waals surface area contributed by atoms with Gasteiger partial charge in [0.15, 0.2) is 0 Å². The summed E-state index contributed by atoms with van der Waals surface area (Å²) in [5.41, 5.74) is 3.26. The smallest absolute Gasteiger partial charge is 1.00 e. The Morgan fingerprint density at radius 1 is 1.09 bits per heavy atom. The predicted molar refractivity (Wildman–Crippen MR) is 41.3 cm³/mol. The topological polar surface area (TPSA) is 0 Å². The van der Waals surface area contributed by atoms with Crippen LogP contribution in [0.2, 0.25) is 0 Å². The number of rotatable bonds is 0. The van der Waals surface area contributed by atoms with Crippen LogP contribution in [0.3, 0.4) is 0 Å². The quantitative estimate of drug-likeness (QED) is 0.357. The van der Waals surface area contributed by atoms with Gasteiger partial charge in [-0.05, 0) is 0 Å². The van der Waals surface area contributed by atoms with Crippen LogP contribution in [0.25, 0.3) is 0 Å². The van der Waals surface area contributed by atoms with Crippen molar-refractivity contribution in [1.82, 2.24) is 0 Å². The van der Waals surface area contributed by atoms with Crippen LogP contribution < -0.4 is 30.3 Å². The van der Waals surface area contributed by atoms with Crippen molar-refractivity contribution in [3.05, 3.63) is 29.3 Å². The van der Waals surface area contributed by atoms with Gasteiger partial charge in [-0.15, -0.1) is 0 Å². The number of halogens is 2. The molecule has 58 valence electrons. The minimum absolute atomic E-state index is 0. The Balaban J connectivity index is 0. The zero-order valence-corrected chi connectivity index (χ0v) is 8.08. The van der Waals surface area contributed by atoms with Gasteiger partial charge in [0.2, 0.25) is 0 Å². The first-order valence-electron chi connectivity index (χ1n) is 3.03. The van der Waals surface area contributed by atoms with Crippen molar-refractivity contribution in [1.29, 1.82) is 0 Å². The summed E-state index contributed by atoms with van der Waals surface area (Å²) in [5.74, 6) is 0. The van der Waals surface area contributed by atoms with Gasteiger partial charge in [-0.1, -0.05) is 0 Å². The van der Waals surface area contributed by atoms with Gasteiger partial charge in [0, 0.05) is 0 Å². The molecule has 0 saturated carbocycles. The van der Waals surface area contributed by atoms with Gasteiger partial charge in [0.05, 0.1) is 0 Å². The number of benzene rings is 1.